The minimum absolute atomic E-state index is 1.23. The maximum atomic E-state index is 2.38. The van der Waals surface area contributed by atoms with Crippen molar-refractivity contribution >= 4 is 53.9 Å². The molecule has 0 unspecified atom stereocenters. The number of hydrogen-bond donors (Lipinski definition) is 0. The monoisotopic (exact) mass is 606 g/mol. The van der Waals surface area contributed by atoms with Crippen LogP contribution >= 0.6 is 0 Å². The molecule has 0 aliphatic heterocycles. The zero-order valence-corrected chi connectivity index (χ0v) is 26.3. The van der Waals surface area contributed by atoms with Crippen LogP contribution in [-0.2, 0) is 0 Å². The van der Waals surface area contributed by atoms with Crippen LogP contribution in [0.15, 0.2) is 182 Å². The third kappa shape index (κ3) is 4.10. The van der Waals surface area contributed by atoms with Crippen molar-refractivity contribution in [1.29, 1.82) is 0 Å². The molecule has 10 aromatic carbocycles. The lowest BCUT2D eigenvalue weighted by molar-refractivity contribution is 1.61. The average Bonchev–Trinajstić information content (AvgIpc) is 3.16. The number of hydrogen-bond acceptors (Lipinski definition) is 0. The zero-order valence-electron chi connectivity index (χ0n) is 26.3. The van der Waals surface area contributed by atoms with E-state index in [1.807, 2.05) is 0 Å². The molecule has 0 aliphatic rings. The van der Waals surface area contributed by atoms with Crippen LogP contribution in [0.3, 0.4) is 0 Å². The lowest BCUT2D eigenvalue weighted by Gasteiger charge is -2.19. The predicted molar refractivity (Wildman–Crippen MR) is 207 cm³/mol. The Kier molecular flexibility index (Phi) is 5.98. The van der Waals surface area contributed by atoms with Gasteiger partial charge in [0.2, 0.25) is 0 Å². The minimum Gasteiger partial charge on any atom is -0.0622 e. The van der Waals surface area contributed by atoms with Gasteiger partial charge in [-0.2, -0.15) is 0 Å². The maximum Gasteiger partial charge on any atom is -0.00206 e. The molecular weight excluding hydrogens is 577 g/mol. The van der Waals surface area contributed by atoms with E-state index in [0.717, 1.165) is 0 Å². The summed E-state index contributed by atoms with van der Waals surface area (Å²) in [6.07, 6.45) is 0. The van der Waals surface area contributed by atoms with Gasteiger partial charge in [0.1, 0.15) is 0 Å². The molecule has 0 heteroatoms. The Bertz CT molecular complexity index is 2750. The van der Waals surface area contributed by atoms with Crippen molar-refractivity contribution in [1.82, 2.24) is 0 Å². The largest absolute Gasteiger partial charge is 0.0622 e. The normalized spacial score (nSPS) is 11.8. The molecule has 0 atom stereocenters. The third-order valence-corrected chi connectivity index (χ3v) is 10.2. The lowest BCUT2D eigenvalue weighted by Crippen LogP contribution is -1.91. The van der Waals surface area contributed by atoms with E-state index in [0.29, 0.717) is 0 Å². The molecular formula is C48H30. The maximum absolute atomic E-state index is 2.38. The summed E-state index contributed by atoms with van der Waals surface area (Å²) in [5.41, 5.74) is 10.0. The van der Waals surface area contributed by atoms with Gasteiger partial charge in [0.25, 0.3) is 0 Å². The van der Waals surface area contributed by atoms with Crippen LogP contribution < -0.4 is 0 Å². The molecule has 0 spiro atoms. The SMILES string of the molecule is c1ccc(-c2cccc(-c3c4ccccc4c(-c4ccc(-c5cc6cccc7ccc8cccc5c8c76)cc4)c4ccccc34)c2)cc1. The molecule has 0 aliphatic carbocycles. The van der Waals surface area contributed by atoms with Gasteiger partial charge in [0, 0.05) is 0 Å². The first-order valence-electron chi connectivity index (χ1n) is 16.7. The van der Waals surface area contributed by atoms with Gasteiger partial charge in [0.05, 0.1) is 0 Å². The van der Waals surface area contributed by atoms with Crippen molar-refractivity contribution in [3.63, 3.8) is 0 Å². The van der Waals surface area contributed by atoms with E-state index in [2.05, 4.69) is 182 Å². The Morgan fingerprint density at radius 3 is 1.40 bits per heavy atom. The summed E-state index contributed by atoms with van der Waals surface area (Å²) in [5.74, 6) is 0. The van der Waals surface area contributed by atoms with E-state index >= 15 is 0 Å². The van der Waals surface area contributed by atoms with Gasteiger partial charge in [-0.1, -0.05) is 170 Å². The lowest BCUT2D eigenvalue weighted by atomic mass is 9.85. The molecule has 0 saturated carbocycles. The second-order valence-corrected chi connectivity index (χ2v) is 12.8. The molecule has 0 bridgehead atoms. The van der Waals surface area contributed by atoms with Crippen molar-refractivity contribution in [2.24, 2.45) is 0 Å². The van der Waals surface area contributed by atoms with E-state index < -0.39 is 0 Å². The van der Waals surface area contributed by atoms with E-state index in [4.69, 9.17) is 0 Å². The average molecular weight is 607 g/mol. The highest BCUT2D eigenvalue weighted by Gasteiger charge is 2.18. The molecule has 222 valence electrons. The summed E-state index contributed by atoms with van der Waals surface area (Å²) in [5, 5.41) is 13.0. The number of fused-ring (bicyclic) bond motifs is 2. The van der Waals surface area contributed by atoms with Crippen LogP contribution in [0.4, 0.5) is 0 Å². The molecule has 0 fully saturated rings. The number of benzene rings is 10. The van der Waals surface area contributed by atoms with Crippen molar-refractivity contribution in [3.05, 3.63) is 182 Å². The second-order valence-electron chi connectivity index (χ2n) is 12.8. The molecule has 0 saturated heterocycles. The van der Waals surface area contributed by atoms with Gasteiger partial charge in [-0.25, -0.2) is 0 Å². The van der Waals surface area contributed by atoms with Crippen LogP contribution in [0.25, 0.3) is 98.4 Å². The predicted octanol–water partition coefficient (Wildman–Crippen LogP) is 13.6. The highest BCUT2D eigenvalue weighted by Crippen LogP contribution is 2.45. The molecule has 0 aromatic heterocycles. The smallest absolute Gasteiger partial charge is 0.00206 e. The zero-order chi connectivity index (χ0) is 31.6. The molecule has 0 radical (unpaired) electrons. The standard InChI is InChI=1S/C48H30/c1-2-11-31(12-3-1)36-15-9-16-37(29-36)47-41-20-6-4-18-39(41)46(40-19-5-7-21-42(40)47)35-25-23-32(24-26-35)44-30-38-17-8-13-33-27-28-34-14-10-22-43(44)48(34)45(33)38/h1-30H. The van der Waals surface area contributed by atoms with Gasteiger partial charge >= 0.3 is 0 Å². The van der Waals surface area contributed by atoms with Gasteiger partial charge in [-0.05, 0) is 111 Å². The fraction of sp³-hybridized carbons (Fsp3) is 0. The summed E-state index contributed by atoms with van der Waals surface area (Å²) < 4.78 is 0. The van der Waals surface area contributed by atoms with Crippen molar-refractivity contribution in [2.75, 3.05) is 0 Å². The Morgan fingerprint density at radius 1 is 0.229 bits per heavy atom. The molecule has 0 amide bonds. The van der Waals surface area contributed by atoms with E-state index in [1.165, 1.54) is 98.4 Å². The van der Waals surface area contributed by atoms with Crippen molar-refractivity contribution in [2.45, 2.75) is 0 Å². The quantitative estimate of drug-likeness (QED) is 0.138. The van der Waals surface area contributed by atoms with Crippen molar-refractivity contribution < 1.29 is 0 Å². The Hall–Kier alpha value is -6.24. The van der Waals surface area contributed by atoms with Gasteiger partial charge < -0.3 is 0 Å². The minimum atomic E-state index is 1.23. The first-order chi connectivity index (χ1) is 23.8. The summed E-state index contributed by atoms with van der Waals surface area (Å²) >= 11 is 0. The van der Waals surface area contributed by atoms with Crippen LogP contribution in [0.5, 0.6) is 0 Å². The number of rotatable bonds is 4. The summed E-state index contributed by atoms with van der Waals surface area (Å²) in [7, 11) is 0. The molecule has 0 N–H and O–H groups in total. The Labute approximate surface area is 279 Å². The van der Waals surface area contributed by atoms with Gasteiger partial charge in [0.15, 0.2) is 0 Å². The summed E-state index contributed by atoms with van der Waals surface area (Å²) in [6, 6.07) is 67.0. The second kappa shape index (κ2) is 10.7. The molecule has 0 heterocycles. The third-order valence-electron chi connectivity index (χ3n) is 10.2. The van der Waals surface area contributed by atoms with E-state index in [1.54, 1.807) is 0 Å². The van der Waals surface area contributed by atoms with E-state index in [9.17, 15) is 0 Å². The fourth-order valence-corrected chi connectivity index (χ4v) is 8.05. The van der Waals surface area contributed by atoms with Crippen LogP contribution in [-0.4, -0.2) is 0 Å². The highest BCUT2D eigenvalue weighted by molar-refractivity contribution is 6.26. The molecule has 48 heavy (non-hydrogen) atoms. The Morgan fingerprint density at radius 2 is 0.708 bits per heavy atom. The highest BCUT2D eigenvalue weighted by atomic mass is 14.2. The van der Waals surface area contributed by atoms with Gasteiger partial charge in [-0.15, -0.1) is 0 Å². The molecule has 0 nitrogen and oxygen atoms in total. The first kappa shape index (κ1) is 26.9. The van der Waals surface area contributed by atoms with Crippen LogP contribution in [0.2, 0.25) is 0 Å². The molecule has 10 rings (SSSR count). The van der Waals surface area contributed by atoms with Crippen LogP contribution in [0.1, 0.15) is 0 Å². The van der Waals surface area contributed by atoms with E-state index in [-0.39, 0.29) is 0 Å². The van der Waals surface area contributed by atoms with Crippen molar-refractivity contribution in [3.8, 4) is 44.5 Å². The van der Waals surface area contributed by atoms with Gasteiger partial charge in [-0.3, -0.25) is 0 Å². The summed E-state index contributed by atoms with van der Waals surface area (Å²) in [4.78, 5) is 0. The van der Waals surface area contributed by atoms with Crippen LogP contribution in [0, 0.1) is 0 Å². The fourth-order valence-electron chi connectivity index (χ4n) is 8.05. The summed E-state index contributed by atoms with van der Waals surface area (Å²) in [6.45, 7) is 0. The Balaban J connectivity index is 1.17. The molecule has 10 aromatic rings. The first-order valence-corrected chi connectivity index (χ1v) is 16.7. The topological polar surface area (TPSA) is 0 Å².